The van der Waals surface area contributed by atoms with Crippen molar-refractivity contribution in [2.75, 3.05) is 52.9 Å². The van der Waals surface area contributed by atoms with E-state index in [9.17, 15) is 57.8 Å². The van der Waals surface area contributed by atoms with Crippen LogP contribution in [0.4, 0.5) is 76.2 Å². The van der Waals surface area contributed by atoms with E-state index < -0.39 is 66.2 Å². The van der Waals surface area contributed by atoms with Crippen LogP contribution in [0, 0.1) is 36.5 Å². The fourth-order valence-corrected chi connectivity index (χ4v) is 11.7. The first-order valence-electron chi connectivity index (χ1n) is 29.8. The quantitative estimate of drug-likeness (QED) is 0.0539. The summed E-state index contributed by atoms with van der Waals surface area (Å²) in [5.74, 6) is 2.52. The molecule has 3 atom stereocenters. The number of nitrogens with zero attached hydrogens (tertiary/aromatic N) is 14. The van der Waals surface area contributed by atoms with Gasteiger partial charge in [0.15, 0.2) is 0 Å². The normalized spacial score (nSPS) is 17.5. The molecule has 3 unspecified atom stereocenters. The van der Waals surface area contributed by atoms with E-state index in [0.29, 0.717) is 119 Å². The molecule has 0 bridgehead atoms. The van der Waals surface area contributed by atoms with Crippen LogP contribution in [0.25, 0.3) is 21.8 Å². The number of tetrazole rings is 2. The number of hydrogen-bond donors (Lipinski definition) is 1. The zero-order valence-corrected chi connectivity index (χ0v) is 49.2. The van der Waals surface area contributed by atoms with Crippen molar-refractivity contribution in [2.24, 2.45) is 29.6 Å². The molecule has 4 aromatic heterocycles. The van der Waals surface area contributed by atoms with E-state index in [1.54, 1.807) is 19.2 Å². The van der Waals surface area contributed by atoms with Gasteiger partial charge in [-0.05, 0) is 170 Å². The SMILES string of the molecule is COc1cccc2cc(CN(Cc3cc(C(F)(F)F)cc(C(F)(F)F)c3)c3nnn(CC4CC4CN(CC4CC4)c4nc5c(C)cccc5cc4CN(Cc4cc(C(F)(F)F)cc(C(F)(F)F)c4)c4nnn(CC(C)O)n4)n3)c(N(CC3CC3)CC3CC3)nc12. The first kappa shape index (κ1) is 62.2. The lowest BCUT2D eigenvalue weighted by Gasteiger charge is -2.29. The largest absolute Gasteiger partial charge is 0.494 e. The molecule has 28 heteroatoms. The molecule has 4 heterocycles. The van der Waals surface area contributed by atoms with Crippen LogP contribution in [0.15, 0.2) is 84.9 Å². The molecule has 0 saturated heterocycles. The van der Waals surface area contributed by atoms with Crippen LogP contribution < -0.4 is 24.3 Å². The number of aliphatic hydroxyl groups excluding tert-OH is 1. The second-order valence-corrected chi connectivity index (χ2v) is 24.7. The average Bonchev–Trinajstić information content (AvgIpc) is 2.02. The summed E-state index contributed by atoms with van der Waals surface area (Å²) >= 11 is 0. The first-order chi connectivity index (χ1) is 42.7. The molecule has 1 N–H and O–H groups in total. The maximum Gasteiger partial charge on any atom is 0.416 e. The number of halogens is 12. The summed E-state index contributed by atoms with van der Waals surface area (Å²) in [4.78, 5) is 20.2. The monoisotopic (exact) mass is 1260 g/mol. The number of alkyl halides is 12. The molecule has 0 amide bonds. The van der Waals surface area contributed by atoms with Gasteiger partial charge in [0.05, 0.1) is 54.1 Å². The zero-order chi connectivity index (χ0) is 63.6. The van der Waals surface area contributed by atoms with E-state index >= 15 is 0 Å². The summed E-state index contributed by atoms with van der Waals surface area (Å²) in [5.41, 5.74) is -3.25. The second-order valence-electron chi connectivity index (χ2n) is 24.7. The molecule has 0 spiro atoms. The summed E-state index contributed by atoms with van der Waals surface area (Å²) in [5, 5.41) is 37.8. The van der Waals surface area contributed by atoms with Crippen molar-refractivity contribution in [1.82, 2.24) is 50.4 Å². The number of aromatic nitrogens is 10. The van der Waals surface area contributed by atoms with Crippen molar-refractivity contribution >= 4 is 45.3 Å². The van der Waals surface area contributed by atoms with E-state index in [2.05, 4.69) is 35.5 Å². The van der Waals surface area contributed by atoms with Crippen molar-refractivity contribution in [1.29, 1.82) is 0 Å². The van der Waals surface area contributed by atoms with Gasteiger partial charge in [0, 0.05) is 74.3 Å². The fraction of sp³-hybridized carbons (Fsp3) is 0.484. The second kappa shape index (κ2) is 24.3. The summed E-state index contributed by atoms with van der Waals surface area (Å²) in [7, 11) is 1.54. The highest BCUT2D eigenvalue weighted by Gasteiger charge is 2.43. The summed E-state index contributed by atoms with van der Waals surface area (Å²) in [6.45, 7) is 4.63. The van der Waals surface area contributed by atoms with Crippen molar-refractivity contribution in [3.05, 3.63) is 135 Å². The van der Waals surface area contributed by atoms with Crippen molar-refractivity contribution < 1.29 is 62.5 Å². The van der Waals surface area contributed by atoms with Crippen LogP contribution in [-0.4, -0.2) is 94.9 Å². The molecule has 90 heavy (non-hydrogen) atoms. The number of rotatable bonds is 25. The third-order valence-corrected chi connectivity index (χ3v) is 16.9. The van der Waals surface area contributed by atoms with Gasteiger partial charge in [0.25, 0.3) is 11.9 Å². The van der Waals surface area contributed by atoms with E-state index in [0.717, 1.165) is 48.9 Å². The van der Waals surface area contributed by atoms with Gasteiger partial charge in [-0.3, -0.25) is 0 Å². The maximum absolute atomic E-state index is 14.4. The number of methoxy groups -OCH3 is 1. The Balaban J connectivity index is 0.864. The third-order valence-electron chi connectivity index (χ3n) is 16.9. The minimum Gasteiger partial charge on any atom is -0.494 e. The highest BCUT2D eigenvalue weighted by molar-refractivity contribution is 5.87. The molecule has 4 saturated carbocycles. The number of benzene rings is 4. The predicted octanol–water partition coefficient (Wildman–Crippen LogP) is 13.1. The summed E-state index contributed by atoms with van der Waals surface area (Å²) < 4.78 is 178. The van der Waals surface area contributed by atoms with Crippen LogP contribution in [-0.2, 0) is 64.0 Å². The smallest absolute Gasteiger partial charge is 0.416 e. The van der Waals surface area contributed by atoms with Gasteiger partial charge in [-0.25, -0.2) is 9.97 Å². The Labute approximate surface area is 508 Å². The molecular weight excluding hydrogens is 1200 g/mol. The van der Waals surface area contributed by atoms with E-state index in [4.69, 9.17) is 19.8 Å². The fourth-order valence-electron chi connectivity index (χ4n) is 11.7. The third kappa shape index (κ3) is 14.9. The molecule has 0 radical (unpaired) electrons. The number of fused-ring (bicyclic) bond motifs is 2. The molecule has 8 aromatic rings. The van der Waals surface area contributed by atoms with Crippen molar-refractivity contribution in [3.8, 4) is 5.75 Å². The lowest BCUT2D eigenvalue weighted by molar-refractivity contribution is -0.144. The summed E-state index contributed by atoms with van der Waals surface area (Å²) in [6.07, 6.45) is -14.7. The minimum absolute atomic E-state index is 0.0152. The lowest BCUT2D eigenvalue weighted by Crippen LogP contribution is -2.32. The van der Waals surface area contributed by atoms with Gasteiger partial charge in [-0.2, -0.15) is 62.3 Å². The Morgan fingerprint density at radius 2 is 0.967 bits per heavy atom. The Morgan fingerprint density at radius 3 is 1.42 bits per heavy atom. The highest BCUT2D eigenvalue weighted by atomic mass is 19.4. The minimum atomic E-state index is -5.12. The van der Waals surface area contributed by atoms with Crippen LogP contribution in [0.2, 0.25) is 0 Å². The average molecular weight is 1270 g/mol. The van der Waals surface area contributed by atoms with E-state index in [1.807, 2.05) is 43.3 Å². The van der Waals surface area contributed by atoms with E-state index in [-0.39, 0.29) is 79.1 Å². The summed E-state index contributed by atoms with van der Waals surface area (Å²) in [6, 6.07) is 17.7. The van der Waals surface area contributed by atoms with Crippen molar-refractivity contribution in [2.45, 2.75) is 129 Å². The maximum atomic E-state index is 14.4. The molecule has 4 aliphatic rings. The Morgan fingerprint density at radius 1 is 0.533 bits per heavy atom. The number of anilines is 4. The van der Waals surface area contributed by atoms with E-state index in [1.165, 1.54) is 21.5 Å². The topological polar surface area (TPSA) is 155 Å². The van der Waals surface area contributed by atoms with Gasteiger partial charge in [0.2, 0.25) is 0 Å². The van der Waals surface area contributed by atoms with Crippen LogP contribution in [0.3, 0.4) is 0 Å². The highest BCUT2D eigenvalue weighted by Crippen LogP contribution is 2.45. The van der Waals surface area contributed by atoms with Crippen LogP contribution >= 0.6 is 0 Å². The Kier molecular flexibility index (Phi) is 16.8. The molecule has 478 valence electrons. The van der Waals surface area contributed by atoms with Gasteiger partial charge in [0.1, 0.15) is 22.9 Å². The zero-order valence-electron chi connectivity index (χ0n) is 49.2. The number of pyridine rings is 2. The predicted molar refractivity (Wildman–Crippen MR) is 309 cm³/mol. The number of ether oxygens (including phenoxy) is 1. The number of aryl methyl sites for hydroxylation is 1. The van der Waals surface area contributed by atoms with Crippen LogP contribution in [0.5, 0.6) is 5.75 Å². The van der Waals surface area contributed by atoms with Crippen LogP contribution in [0.1, 0.15) is 102 Å². The standard InChI is InChI=1S/C62H64F12N14O2/c1-35-6-4-7-42-20-46(32-85(57-77-81-87(79-57)25-36(2)89)29-40-16-48(59(63,64)65)23-49(17-40)60(66,67)68)55(75-53(35)42)84(28-39-14-15-39)31-44-22-45(44)34-88-80-58(78-82-88)86(30-41-18-50(61(69,70)71)24-51(19-41)62(72,73)74)33-47-21-43-8-5-9-52(90-3)54(43)76-56(47)83(26-37-10-11-37)27-38-12-13-38/h4-9,16-21,23-24,36-39,44-45,89H,10-15,22,25-34H2,1-3H3. The van der Waals surface area contributed by atoms with Gasteiger partial charge in [-0.15, -0.1) is 10.2 Å². The van der Waals surface area contributed by atoms with Gasteiger partial charge >= 0.3 is 24.7 Å². The first-order valence-corrected chi connectivity index (χ1v) is 29.8. The Bertz CT molecular complexity index is 3810. The molecule has 16 nitrogen and oxygen atoms in total. The number of hydrogen-bond acceptors (Lipinski definition) is 14. The molecule has 4 aliphatic carbocycles. The van der Waals surface area contributed by atoms with Crippen molar-refractivity contribution in [3.63, 3.8) is 0 Å². The number of aliphatic hydroxyl groups is 1. The molecule has 4 fully saturated rings. The number of para-hydroxylation sites is 2. The Hall–Kier alpha value is -8.04. The molecular formula is C62H64F12N14O2. The lowest BCUT2D eigenvalue weighted by atomic mass is 10.0. The van der Waals surface area contributed by atoms with Gasteiger partial charge < -0.3 is 29.4 Å². The molecule has 12 rings (SSSR count). The van der Waals surface area contributed by atoms with Gasteiger partial charge in [-0.1, -0.05) is 40.5 Å². The molecule has 4 aromatic carbocycles. The molecule has 0 aliphatic heterocycles.